The number of alkyl halides is 6. The van der Waals surface area contributed by atoms with Gasteiger partial charge in [0.25, 0.3) is 17.3 Å². The van der Waals surface area contributed by atoms with Gasteiger partial charge in [0.05, 0.1) is 82.6 Å². The van der Waals surface area contributed by atoms with Crippen molar-refractivity contribution < 1.29 is 125 Å². The number of carbonyl (C=O) groups excluding carboxylic acids is 11. The number of pyridine rings is 2. The van der Waals surface area contributed by atoms with Crippen molar-refractivity contribution in [2.24, 2.45) is 34.5 Å². The van der Waals surface area contributed by atoms with Crippen molar-refractivity contribution in [1.29, 1.82) is 0 Å². The molecule has 142 heavy (non-hydrogen) atoms. The molecule has 4 saturated heterocycles. The fourth-order valence-corrected chi connectivity index (χ4v) is 16.8. The third kappa shape index (κ3) is 34.1. The van der Waals surface area contributed by atoms with Crippen LogP contribution in [-0.2, 0) is 85.7 Å². The third-order valence-corrected chi connectivity index (χ3v) is 24.5. The summed E-state index contributed by atoms with van der Waals surface area (Å²) in [6, 6.07) is 24.2. The lowest BCUT2D eigenvalue weighted by Gasteiger charge is -2.35. The van der Waals surface area contributed by atoms with E-state index in [9.17, 15) is 88.0 Å². The fraction of sp³-hybridized carbons (Fsp3) is 0.531. The number of nitro groups is 2. The Morgan fingerprint density at radius 3 is 1.29 bits per heavy atom. The Labute approximate surface area is 850 Å². The average Bonchev–Trinajstić information content (AvgIpc) is 1.18. The fourth-order valence-electron chi connectivity index (χ4n) is 16.5. The van der Waals surface area contributed by atoms with Crippen LogP contribution in [-0.4, -0.2) is 234 Å². The maximum atomic E-state index is 14.2. The van der Waals surface area contributed by atoms with Crippen molar-refractivity contribution in [2.45, 2.75) is 215 Å². The lowest BCUT2D eigenvalue weighted by Crippen LogP contribution is -2.54. The lowest BCUT2D eigenvalue weighted by atomic mass is 9.87. The second-order valence-electron chi connectivity index (χ2n) is 37.7. The maximum absolute atomic E-state index is 14.2. The first-order valence-electron chi connectivity index (χ1n) is 46.2. The number of aliphatic hydroxyl groups is 1. The van der Waals surface area contributed by atoms with Crippen molar-refractivity contribution in [2.75, 3.05) is 79.4 Å². The van der Waals surface area contributed by atoms with Gasteiger partial charge in [-0.2, -0.15) is 0 Å². The number of aliphatic carboxylic acids is 1. The molecule has 44 heteroatoms. The molecule has 12 rings (SSSR count). The van der Waals surface area contributed by atoms with E-state index in [-0.39, 0.29) is 112 Å². The molecule has 0 radical (unpaired) electrons. The molecule has 772 valence electrons. The largest absolute Gasteiger partial charge is 0.480 e. The molecular weight excluding hydrogens is 1980 g/mol. The van der Waals surface area contributed by atoms with Crippen LogP contribution in [0.2, 0.25) is 0 Å². The number of benzene rings is 4. The molecule has 4 aliphatic heterocycles. The summed E-state index contributed by atoms with van der Waals surface area (Å²) in [6.45, 7) is 21.0. The number of aromatic nitrogens is 2. The van der Waals surface area contributed by atoms with Gasteiger partial charge in [-0.3, -0.25) is 68.6 Å². The molecule has 0 bridgehead atoms. The van der Waals surface area contributed by atoms with Gasteiger partial charge in [-0.25, -0.2) is 19.2 Å². The molecule has 2 aromatic heterocycles. The number of ether oxygens (including phenoxy) is 10. The highest BCUT2D eigenvalue weighted by Crippen LogP contribution is 2.38. The van der Waals surface area contributed by atoms with E-state index < -0.39 is 159 Å². The molecule has 2 saturated carbocycles. The van der Waals surface area contributed by atoms with E-state index in [1.165, 1.54) is 47.9 Å². The van der Waals surface area contributed by atoms with Crippen LogP contribution in [0.15, 0.2) is 109 Å². The van der Waals surface area contributed by atoms with Crippen molar-refractivity contribution >= 4 is 187 Å². The number of nitrogens with one attached hydrogen (secondary N) is 4. The normalized spacial score (nSPS) is 18.6. The first-order valence-corrected chi connectivity index (χ1v) is 48.5. The highest BCUT2D eigenvalue weighted by molar-refractivity contribution is 6.68. The number of halogens is 6. The predicted octanol–water partition coefficient (Wildman–Crippen LogP) is 15.8. The number of rotatable bonds is 27. The molecule has 6 aromatic rings. The van der Waals surface area contributed by atoms with Gasteiger partial charge < -0.3 is 88.6 Å². The molecule has 0 spiro atoms. The van der Waals surface area contributed by atoms with Gasteiger partial charge in [0.2, 0.25) is 25.3 Å². The Balaban J connectivity index is 0.000000227. The summed E-state index contributed by atoms with van der Waals surface area (Å²) in [4.78, 5) is 185. The Hall–Kier alpha value is -11.0. The average molecular weight is 2100 g/mol. The number of piperidine rings is 2. The minimum Gasteiger partial charge on any atom is -0.480 e. The standard InChI is InChI=1S/C41H53Cl3N4O10.C23H28N2O6.C18H27Cl3N2O5.C16H12N2O7/c1-25(46-38(53)58-39(3,4)5)31-15-14-28-13-12-27(19-32(28)47-31)16-17-40(21-54-24-55-22-40)37(52)57-33(29-9-6-7-10-29)34(49)45-26(2)35(50)48-18-8-11-30(20-48)36(51)56-23-41(42,43)44;1-15(24-21(28)31-22(2,3)4)18-8-7-17-6-5-16(11-19(17)25-18)9-10-23(20(26)27)12-29-14-30-13-23;1-11(22-15(25)14(24)12-5-2-3-6-12)16(26)23-8-4-7-13(9-23)17(27)28-10-18(19,20)21;1-9-5-3-7-11(17(21)22)13(9)15(19)25-16(20)14-10(2)6-4-8-12(14)18(23)24/h12-17,19,25-26,29-30,33H,6-11,18,20-24H2,1-5H3,(H,45,49)(H,46,53);5-11,15H,12-14H2,1-4H3,(H,24,28)(H,26,27);11-14,24H,2-10H2,1H3,(H,22,25);3-8H,1-2H3/b17-16+;10-9+;;/t25-,26+,30-,33+;15-;11-,13+,14-;/m110./s1. The molecule has 4 aromatic carbocycles. The molecule has 0 unspecified atom stereocenters. The molecular formula is C98H120Cl6N10O28. The van der Waals surface area contributed by atoms with Crippen LogP contribution in [0.25, 0.3) is 34.0 Å². The zero-order valence-corrected chi connectivity index (χ0v) is 85.3. The van der Waals surface area contributed by atoms with Gasteiger partial charge in [0.1, 0.15) is 78.1 Å². The Morgan fingerprint density at radius 2 is 0.901 bits per heavy atom. The zero-order chi connectivity index (χ0) is 105. The first kappa shape index (κ1) is 115. The van der Waals surface area contributed by atoms with Crippen molar-refractivity contribution in [3.05, 3.63) is 174 Å². The number of aryl methyl sites for hydroxylation is 2. The number of aliphatic hydroxyl groups excluding tert-OH is 1. The molecule has 6 aliphatic rings. The van der Waals surface area contributed by atoms with Crippen LogP contribution in [0.3, 0.4) is 0 Å². The zero-order valence-electron chi connectivity index (χ0n) is 80.8. The van der Waals surface area contributed by atoms with Crippen LogP contribution in [0, 0.1) is 68.6 Å². The Kier molecular flexibility index (Phi) is 41.5. The number of likely N-dealkylation sites (tertiary alicyclic amines) is 2. The molecule has 6 heterocycles. The molecule has 6 fully saturated rings. The Bertz CT molecular complexity index is 5530. The summed E-state index contributed by atoms with van der Waals surface area (Å²) < 4.78 is 49.8. The topological polar surface area (TPSA) is 504 Å². The van der Waals surface area contributed by atoms with Gasteiger partial charge in [0.15, 0.2) is 6.10 Å². The highest BCUT2D eigenvalue weighted by atomic mass is 35.6. The molecule has 2 aliphatic carbocycles. The maximum Gasteiger partial charge on any atom is 0.408 e. The molecule has 38 nitrogen and oxygen atoms in total. The van der Waals surface area contributed by atoms with E-state index in [2.05, 4.69) is 31.0 Å². The summed E-state index contributed by atoms with van der Waals surface area (Å²) in [5.74, 6) is -8.46. The summed E-state index contributed by atoms with van der Waals surface area (Å²) in [5, 5.41) is 54.7. The second kappa shape index (κ2) is 51.4. The first-order chi connectivity index (χ1) is 66.7. The number of nitro benzene ring substituents is 2. The van der Waals surface area contributed by atoms with Gasteiger partial charge in [-0.15, -0.1) is 0 Å². The second-order valence-corrected chi connectivity index (χ2v) is 42.7. The van der Waals surface area contributed by atoms with Crippen LogP contribution < -0.4 is 21.3 Å². The quantitative estimate of drug-likeness (QED) is 0.00696. The van der Waals surface area contributed by atoms with E-state index in [1.54, 1.807) is 79.7 Å². The highest BCUT2D eigenvalue weighted by Gasteiger charge is 2.47. The van der Waals surface area contributed by atoms with Gasteiger partial charge in [-0.05, 0) is 187 Å². The van der Waals surface area contributed by atoms with E-state index in [0.29, 0.717) is 68.5 Å². The van der Waals surface area contributed by atoms with Gasteiger partial charge >= 0.3 is 48.0 Å². The molecule has 8 atom stereocenters. The number of carboxylic acids is 1. The number of fused-ring (bicyclic) bond motifs is 2. The number of hydrogen-bond donors (Lipinski definition) is 6. The molecule has 6 amide bonds. The smallest absolute Gasteiger partial charge is 0.408 e. The van der Waals surface area contributed by atoms with Crippen LogP contribution in [0.5, 0.6) is 0 Å². The van der Waals surface area contributed by atoms with Crippen molar-refractivity contribution in [3.8, 4) is 0 Å². The monoisotopic (exact) mass is 2090 g/mol. The minimum atomic E-state index is -1.75. The SMILES string of the molecule is C[C@@H](NC(=O)OC(C)(C)C)c1ccc2ccc(/C=C/C3(C(=O)O)COCOC3)cc2n1.C[C@H](NC(=O)[C@@H](O)C1CCCC1)C(=O)N1CCC[C@@H](C(=O)OCC(Cl)(Cl)Cl)C1.C[C@H](NC(=O)[C@@H](OC(=O)C1(/C=C/c2ccc3ccc([C@@H](C)NC(=O)OC(C)(C)C)nc3c2)COCOC1)C1CCCC1)C(=O)N1CCC[C@@H](C(=O)OCC(Cl)(Cl)Cl)C1.Cc1cccc([N+](=O)[O-])c1C(=O)OC(=O)c1c(C)cccc1[N+](=O)[O-]. The summed E-state index contributed by atoms with van der Waals surface area (Å²) >= 11 is 33.9. The number of nitrogens with zero attached hydrogens (tertiary/aromatic N) is 6. The third-order valence-electron chi connectivity index (χ3n) is 23.9. The van der Waals surface area contributed by atoms with Crippen molar-refractivity contribution in [3.63, 3.8) is 0 Å². The summed E-state index contributed by atoms with van der Waals surface area (Å²) in [5.41, 5.74) is -0.840. The van der Waals surface area contributed by atoms with Crippen molar-refractivity contribution in [1.82, 2.24) is 41.0 Å². The summed E-state index contributed by atoms with van der Waals surface area (Å²) in [6.07, 6.45) is 12.5. The van der Waals surface area contributed by atoms with Gasteiger partial charge in [0, 0.05) is 55.0 Å². The Morgan fingerprint density at radius 1 is 0.521 bits per heavy atom. The lowest BCUT2D eigenvalue weighted by molar-refractivity contribution is -0.385. The molecule has 6 N–H and O–H groups in total. The van der Waals surface area contributed by atoms with E-state index in [4.69, 9.17) is 117 Å². The van der Waals surface area contributed by atoms with E-state index in [1.807, 2.05) is 74.5 Å². The number of hydrogen-bond acceptors (Lipinski definition) is 29. The van der Waals surface area contributed by atoms with Crippen LogP contribution in [0.4, 0.5) is 21.0 Å². The number of amides is 6. The number of esters is 5. The number of alkyl carbamates (subject to hydrolysis) is 2. The number of carboxylic acid groups (broad SMARTS) is 1. The predicted molar refractivity (Wildman–Crippen MR) is 525 cm³/mol. The van der Waals surface area contributed by atoms with E-state index >= 15 is 0 Å². The van der Waals surface area contributed by atoms with Crippen LogP contribution in [0.1, 0.15) is 213 Å². The minimum absolute atomic E-state index is 0.00475. The van der Waals surface area contributed by atoms with E-state index in [0.717, 1.165) is 78.1 Å². The summed E-state index contributed by atoms with van der Waals surface area (Å²) in [7, 11) is 0. The van der Waals surface area contributed by atoms with Gasteiger partial charge in [-0.1, -0.05) is 180 Å². The number of carbonyl (C=O) groups is 12. The van der Waals surface area contributed by atoms with Crippen LogP contribution >= 0.6 is 69.6 Å².